The van der Waals surface area contributed by atoms with E-state index in [1.807, 2.05) is 0 Å². The zero-order chi connectivity index (χ0) is 13.0. The van der Waals surface area contributed by atoms with Crippen molar-refractivity contribution in [2.24, 2.45) is 5.92 Å². The van der Waals surface area contributed by atoms with E-state index in [9.17, 15) is 0 Å². The van der Waals surface area contributed by atoms with Crippen LogP contribution in [0, 0.1) is 5.92 Å². The molecular weight excluding hydrogens is 222 g/mol. The Morgan fingerprint density at radius 3 is 2.83 bits per heavy atom. The van der Waals surface area contributed by atoms with Crippen LogP contribution in [0.4, 0.5) is 5.82 Å². The summed E-state index contributed by atoms with van der Waals surface area (Å²) in [5.74, 6) is 2.90. The number of fused-ring (bicyclic) bond motifs is 1. The van der Waals surface area contributed by atoms with Crippen LogP contribution in [0.2, 0.25) is 0 Å². The first kappa shape index (κ1) is 13.4. The fraction of sp³-hybridized carbons (Fsp3) is 0.800. The van der Waals surface area contributed by atoms with Crippen LogP contribution < -0.4 is 5.73 Å². The first-order chi connectivity index (χ1) is 8.72. The van der Waals surface area contributed by atoms with Crippen LogP contribution in [0.25, 0.3) is 0 Å². The van der Waals surface area contributed by atoms with E-state index < -0.39 is 0 Å². The molecule has 1 aromatic heterocycles. The molecule has 18 heavy (non-hydrogen) atoms. The molecule has 2 rings (SSSR count). The minimum atomic E-state index is 0.742. The molecule has 1 aliphatic heterocycles. The van der Waals surface area contributed by atoms with Gasteiger partial charge in [0.1, 0.15) is 11.6 Å². The normalized spacial score (nSPS) is 18.9. The lowest BCUT2D eigenvalue weighted by atomic mass is 10.0. The van der Waals surface area contributed by atoms with Gasteiger partial charge in [0.15, 0.2) is 0 Å². The smallest absolute Gasteiger partial charge is 0.126 e. The molecule has 3 nitrogen and oxygen atoms in total. The van der Waals surface area contributed by atoms with Gasteiger partial charge in [0.25, 0.3) is 0 Å². The van der Waals surface area contributed by atoms with Gasteiger partial charge in [-0.15, -0.1) is 0 Å². The summed E-state index contributed by atoms with van der Waals surface area (Å²) in [5, 5.41) is 0. The molecule has 2 heterocycles. The maximum atomic E-state index is 6.23. The summed E-state index contributed by atoms with van der Waals surface area (Å²) < 4.78 is 2.25. The van der Waals surface area contributed by atoms with Gasteiger partial charge < -0.3 is 10.3 Å². The van der Waals surface area contributed by atoms with Crippen molar-refractivity contribution in [3.8, 4) is 0 Å². The van der Waals surface area contributed by atoms with Gasteiger partial charge in [-0.25, -0.2) is 4.98 Å². The fourth-order valence-electron chi connectivity index (χ4n) is 2.82. The van der Waals surface area contributed by atoms with Crippen LogP contribution >= 0.6 is 0 Å². The van der Waals surface area contributed by atoms with Crippen LogP contribution in [0.1, 0.15) is 63.9 Å². The molecule has 0 fully saturated rings. The highest BCUT2D eigenvalue weighted by Gasteiger charge is 2.20. The van der Waals surface area contributed by atoms with Crippen LogP contribution in [0.5, 0.6) is 0 Å². The molecule has 0 radical (unpaired) electrons. The standard InChI is InChI=1S/C15H27N3/c1-3-4-5-6-7-8-13-15(16)18-11-12(2)9-10-14(18)17-13/h12H,3-11,16H2,1-2H3. The number of anilines is 1. The molecule has 1 atom stereocenters. The minimum Gasteiger partial charge on any atom is -0.384 e. The molecule has 0 saturated carbocycles. The Hall–Kier alpha value is -0.990. The summed E-state index contributed by atoms with van der Waals surface area (Å²) in [6.45, 7) is 5.61. The molecule has 2 N–H and O–H groups in total. The van der Waals surface area contributed by atoms with Crippen LogP contribution in [-0.2, 0) is 19.4 Å². The molecule has 0 amide bonds. The van der Waals surface area contributed by atoms with E-state index in [0.29, 0.717) is 0 Å². The Morgan fingerprint density at radius 2 is 2.06 bits per heavy atom. The van der Waals surface area contributed by atoms with Gasteiger partial charge in [0, 0.05) is 13.0 Å². The zero-order valence-corrected chi connectivity index (χ0v) is 11.9. The quantitative estimate of drug-likeness (QED) is 0.783. The lowest BCUT2D eigenvalue weighted by Gasteiger charge is -2.20. The molecule has 102 valence electrons. The number of nitrogen functional groups attached to an aromatic ring is 1. The third-order valence-corrected chi connectivity index (χ3v) is 4.03. The van der Waals surface area contributed by atoms with Crippen LogP contribution in [0.3, 0.4) is 0 Å². The number of hydrogen-bond donors (Lipinski definition) is 1. The number of aromatic nitrogens is 2. The minimum absolute atomic E-state index is 0.742. The Morgan fingerprint density at radius 1 is 1.28 bits per heavy atom. The topological polar surface area (TPSA) is 43.8 Å². The summed E-state index contributed by atoms with van der Waals surface area (Å²) >= 11 is 0. The number of unbranched alkanes of at least 4 members (excludes halogenated alkanes) is 4. The zero-order valence-electron chi connectivity index (χ0n) is 11.9. The lowest BCUT2D eigenvalue weighted by Crippen LogP contribution is -2.19. The second kappa shape index (κ2) is 6.26. The van der Waals surface area contributed by atoms with Crippen molar-refractivity contribution in [2.75, 3.05) is 5.73 Å². The van der Waals surface area contributed by atoms with E-state index in [4.69, 9.17) is 10.7 Å². The van der Waals surface area contributed by atoms with Crippen LogP contribution in [0.15, 0.2) is 0 Å². The molecule has 1 aliphatic rings. The van der Waals surface area contributed by atoms with Crippen molar-refractivity contribution < 1.29 is 0 Å². The maximum Gasteiger partial charge on any atom is 0.126 e. The molecule has 0 saturated heterocycles. The predicted molar refractivity (Wildman–Crippen MR) is 76.6 cm³/mol. The summed E-state index contributed by atoms with van der Waals surface area (Å²) in [5.41, 5.74) is 7.38. The average molecular weight is 249 g/mol. The lowest BCUT2D eigenvalue weighted by molar-refractivity contribution is 0.397. The van der Waals surface area contributed by atoms with Crippen molar-refractivity contribution in [3.05, 3.63) is 11.5 Å². The van der Waals surface area contributed by atoms with Gasteiger partial charge in [-0.3, -0.25) is 0 Å². The fourth-order valence-corrected chi connectivity index (χ4v) is 2.82. The molecule has 0 bridgehead atoms. The van der Waals surface area contributed by atoms with Gasteiger partial charge in [-0.2, -0.15) is 0 Å². The molecular formula is C15H27N3. The summed E-state index contributed by atoms with van der Waals surface area (Å²) in [7, 11) is 0. The van der Waals surface area contributed by atoms with Crippen molar-refractivity contribution in [1.29, 1.82) is 0 Å². The van der Waals surface area contributed by atoms with Gasteiger partial charge in [0.2, 0.25) is 0 Å². The van der Waals surface area contributed by atoms with E-state index in [2.05, 4.69) is 18.4 Å². The number of imidazole rings is 1. The third-order valence-electron chi connectivity index (χ3n) is 4.03. The van der Waals surface area contributed by atoms with Crippen molar-refractivity contribution in [2.45, 2.75) is 71.8 Å². The predicted octanol–water partition coefficient (Wildman–Crippen LogP) is 3.56. The molecule has 0 aliphatic carbocycles. The number of nitrogens with zero attached hydrogens (tertiary/aromatic N) is 2. The molecule has 0 spiro atoms. The number of aryl methyl sites for hydroxylation is 2. The van der Waals surface area contributed by atoms with Gasteiger partial charge in [-0.1, -0.05) is 39.5 Å². The van der Waals surface area contributed by atoms with E-state index in [1.165, 1.54) is 44.3 Å². The first-order valence-electron chi connectivity index (χ1n) is 7.56. The second-order valence-electron chi connectivity index (χ2n) is 5.78. The van der Waals surface area contributed by atoms with E-state index in [0.717, 1.165) is 36.8 Å². The summed E-state index contributed by atoms with van der Waals surface area (Å²) in [6, 6.07) is 0. The number of hydrogen-bond acceptors (Lipinski definition) is 2. The van der Waals surface area contributed by atoms with Crippen molar-refractivity contribution >= 4 is 5.82 Å². The number of rotatable bonds is 6. The highest BCUT2D eigenvalue weighted by Crippen LogP contribution is 2.25. The summed E-state index contributed by atoms with van der Waals surface area (Å²) in [4.78, 5) is 4.74. The first-order valence-corrected chi connectivity index (χ1v) is 7.56. The van der Waals surface area contributed by atoms with E-state index in [1.54, 1.807) is 0 Å². The maximum absolute atomic E-state index is 6.23. The van der Waals surface area contributed by atoms with Gasteiger partial charge in [-0.05, 0) is 25.2 Å². The van der Waals surface area contributed by atoms with Gasteiger partial charge in [0.05, 0.1) is 5.69 Å². The SMILES string of the molecule is CCCCCCCc1nc2n(c1N)CC(C)CC2. The molecule has 3 heteroatoms. The monoisotopic (exact) mass is 249 g/mol. The second-order valence-corrected chi connectivity index (χ2v) is 5.78. The molecule has 1 aromatic rings. The molecule has 0 aromatic carbocycles. The largest absolute Gasteiger partial charge is 0.384 e. The third kappa shape index (κ3) is 3.06. The Kier molecular flexibility index (Phi) is 4.67. The Labute approximate surface area is 111 Å². The highest BCUT2D eigenvalue weighted by atomic mass is 15.1. The Bertz CT molecular complexity index is 381. The van der Waals surface area contributed by atoms with E-state index >= 15 is 0 Å². The van der Waals surface area contributed by atoms with Crippen molar-refractivity contribution in [3.63, 3.8) is 0 Å². The average Bonchev–Trinajstić information content (AvgIpc) is 2.67. The highest BCUT2D eigenvalue weighted by molar-refractivity contribution is 5.39. The van der Waals surface area contributed by atoms with Crippen molar-refractivity contribution in [1.82, 2.24) is 9.55 Å². The number of nitrogens with two attached hydrogens (primary N) is 1. The summed E-state index contributed by atoms with van der Waals surface area (Å²) in [6.07, 6.45) is 9.96. The van der Waals surface area contributed by atoms with Gasteiger partial charge >= 0.3 is 0 Å². The molecule has 1 unspecified atom stereocenters. The van der Waals surface area contributed by atoms with E-state index in [-0.39, 0.29) is 0 Å². The van der Waals surface area contributed by atoms with Crippen LogP contribution in [-0.4, -0.2) is 9.55 Å². The Balaban J connectivity index is 1.90.